The average molecular weight is 327 g/mol. The van der Waals surface area contributed by atoms with Gasteiger partial charge < -0.3 is 5.11 Å². The van der Waals surface area contributed by atoms with E-state index in [1.54, 1.807) is 11.8 Å². The van der Waals surface area contributed by atoms with Gasteiger partial charge in [-0.3, -0.25) is 0 Å². The molecule has 21 heavy (non-hydrogen) atoms. The molecule has 1 nitrogen and oxygen atoms in total. The molecule has 3 heteroatoms. The Bertz CT molecular complexity index is 404. The van der Waals surface area contributed by atoms with E-state index in [0.29, 0.717) is 5.75 Å². The summed E-state index contributed by atoms with van der Waals surface area (Å²) >= 11 is 3.78. The van der Waals surface area contributed by atoms with Crippen LogP contribution in [0.3, 0.4) is 0 Å². The van der Waals surface area contributed by atoms with Gasteiger partial charge >= 0.3 is 0 Å². The summed E-state index contributed by atoms with van der Waals surface area (Å²) in [7, 11) is 0. The number of benzene rings is 1. The highest BCUT2D eigenvalue weighted by atomic mass is 32.2. The monoisotopic (exact) mass is 326 g/mol. The molecule has 0 aromatic heterocycles. The molecule has 1 N–H and O–H groups in total. The van der Waals surface area contributed by atoms with E-state index in [-0.39, 0.29) is 0 Å². The molecule has 0 bridgehead atoms. The van der Waals surface area contributed by atoms with Crippen molar-refractivity contribution in [2.75, 3.05) is 12.0 Å². The first-order chi connectivity index (χ1) is 10.2. The van der Waals surface area contributed by atoms with Crippen LogP contribution in [0, 0.1) is 6.92 Å². The minimum absolute atomic E-state index is 0.481. The SMILES string of the molecule is CCCCCCCCSCc1cc(C)c(O)c(CSC)c1. The number of phenolic OH excluding ortho intramolecular Hbond substituents is 1. The molecule has 0 amide bonds. The molecule has 0 saturated heterocycles. The predicted octanol–water partition coefficient (Wildman–Crippen LogP) is 6.16. The molecule has 0 aliphatic carbocycles. The van der Waals surface area contributed by atoms with Crippen molar-refractivity contribution in [1.29, 1.82) is 0 Å². The summed E-state index contributed by atoms with van der Waals surface area (Å²) in [5.41, 5.74) is 3.44. The van der Waals surface area contributed by atoms with Gasteiger partial charge in [-0.2, -0.15) is 23.5 Å². The van der Waals surface area contributed by atoms with Crippen LogP contribution in [0.2, 0.25) is 0 Å². The van der Waals surface area contributed by atoms with Crippen LogP contribution in [0.4, 0.5) is 0 Å². The first-order valence-electron chi connectivity index (χ1n) is 8.07. The van der Waals surface area contributed by atoms with Crippen LogP contribution in [0.25, 0.3) is 0 Å². The van der Waals surface area contributed by atoms with Gasteiger partial charge in [-0.15, -0.1) is 0 Å². The van der Waals surface area contributed by atoms with Crippen LogP contribution < -0.4 is 0 Å². The van der Waals surface area contributed by atoms with Crippen molar-refractivity contribution in [2.24, 2.45) is 0 Å². The molecule has 0 saturated carbocycles. The Labute approximate surface area is 139 Å². The summed E-state index contributed by atoms with van der Waals surface area (Å²) in [6.45, 7) is 4.27. The molecule has 0 atom stereocenters. The van der Waals surface area contributed by atoms with Crippen LogP contribution >= 0.6 is 23.5 Å². The number of hydrogen-bond donors (Lipinski definition) is 1. The molecule has 0 fully saturated rings. The van der Waals surface area contributed by atoms with Gasteiger partial charge in [0.2, 0.25) is 0 Å². The normalized spacial score (nSPS) is 11.0. The molecule has 0 aliphatic rings. The van der Waals surface area contributed by atoms with E-state index in [0.717, 1.165) is 22.6 Å². The third-order valence-corrected chi connectivity index (χ3v) is 5.36. The minimum Gasteiger partial charge on any atom is -0.507 e. The molecule has 1 aromatic carbocycles. The summed E-state index contributed by atoms with van der Waals surface area (Å²) in [6, 6.07) is 4.31. The zero-order chi connectivity index (χ0) is 15.5. The van der Waals surface area contributed by atoms with Gasteiger partial charge in [0.05, 0.1) is 0 Å². The van der Waals surface area contributed by atoms with Gasteiger partial charge in [0, 0.05) is 17.1 Å². The Morgan fingerprint density at radius 2 is 1.71 bits per heavy atom. The third-order valence-electron chi connectivity index (χ3n) is 3.65. The van der Waals surface area contributed by atoms with Crippen LogP contribution in [-0.2, 0) is 11.5 Å². The van der Waals surface area contributed by atoms with Gasteiger partial charge in [0.25, 0.3) is 0 Å². The Kier molecular flexibility index (Phi) is 10.1. The number of aromatic hydroxyl groups is 1. The molecule has 0 spiro atoms. The largest absolute Gasteiger partial charge is 0.507 e. The highest BCUT2D eigenvalue weighted by Crippen LogP contribution is 2.28. The second-order valence-electron chi connectivity index (χ2n) is 5.67. The quantitative estimate of drug-likeness (QED) is 0.492. The summed E-state index contributed by atoms with van der Waals surface area (Å²) in [5, 5.41) is 10.0. The molecule has 0 aliphatic heterocycles. The lowest BCUT2D eigenvalue weighted by molar-refractivity contribution is 0.466. The predicted molar refractivity (Wildman–Crippen MR) is 99.6 cm³/mol. The second kappa shape index (κ2) is 11.3. The smallest absolute Gasteiger partial charge is 0.122 e. The van der Waals surface area contributed by atoms with Crippen molar-refractivity contribution < 1.29 is 5.11 Å². The van der Waals surface area contributed by atoms with Gasteiger partial charge in [-0.1, -0.05) is 51.2 Å². The molecule has 120 valence electrons. The van der Waals surface area contributed by atoms with Crippen molar-refractivity contribution in [3.63, 3.8) is 0 Å². The number of unbranched alkanes of at least 4 members (excludes halogenated alkanes) is 5. The van der Waals surface area contributed by atoms with Gasteiger partial charge in [0.1, 0.15) is 5.75 Å². The van der Waals surface area contributed by atoms with E-state index < -0.39 is 0 Å². The van der Waals surface area contributed by atoms with Gasteiger partial charge in [-0.25, -0.2) is 0 Å². The maximum Gasteiger partial charge on any atom is 0.122 e. The standard InChI is InChI=1S/C18H30OS2/c1-4-5-6-7-8-9-10-21-13-16-11-15(2)18(19)17(12-16)14-20-3/h11-12,19H,4-10,13-14H2,1-3H3. The van der Waals surface area contributed by atoms with Crippen LogP contribution in [0.15, 0.2) is 12.1 Å². The molecular formula is C18H30OS2. The van der Waals surface area contributed by atoms with Crippen molar-refractivity contribution >= 4 is 23.5 Å². The van der Waals surface area contributed by atoms with Gasteiger partial charge in [-0.05, 0) is 36.5 Å². The lowest BCUT2D eigenvalue weighted by Gasteiger charge is -2.10. The van der Waals surface area contributed by atoms with E-state index in [4.69, 9.17) is 0 Å². The first-order valence-corrected chi connectivity index (χ1v) is 10.6. The Hall–Kier alpha value is -0.280. The zero-order valence-electron chi connectivity index (χ0n) is 13.8. The fourth-order valence-corrected chi connectivity index (χ4v) is 3.94. The second-order valence-corrected chi connectivity index (χ2v) is 7.65. The number of rotatable bonds is 11. The van der Waals surface area contributed by atoms with E-state index in [1.807, 2.05) is 18.7 Å². The lowest BCUT2D eigenvalue weighted by Crippen LogP contribution is -1.91. The highest BCUT2D eigenvalue weighted by Gasteiger charge is 2.06. The van der Waals surface area contributed by atoms with E-state index in [1.165, 1.54) is 49.8 Å². The molecule has 0 radical (unpaired) electrons. The molecular weight excluding hydrogens is 296 g/mol. The molecule has 0 heterocycles. The lowest BCUT2D eigenvalue weighted by atomic mass is 10.1. The van der Waals surface area contributed by atoms with Gasteiger partial charge in [0.15, 0.2) is 0 Å². The summed E-state index contributed by atoms with van der Waals surface area (Å²) in [6.07, 6.45) is 10.3. The van der Waals surface area contributed by atoms with Crippen LogP contribution in [0.1, 0.15) is 62.1 Å². The van der Waals surface area contributed by atoms with E-state index in [2.05, 4.69) is 25.3 Å². The zero-order valence-corrected chi connectivity index (χ0v) is 15.4. The Morgan fingerprint density at radius 3 is 2.43 bits per heavy atom. The topological polar surface area (TPSA) is 20.2 Å². The number of thioether (sulfide) groups is 2. The van der Waals surface area contributed by atoms with E-state index in [9.17, 15) is 5.11 Å². The van der Waals surface area contributed by atoms with Crippen LogP contribution in [0.5, 0.6) is 5.75 Å². The van der Waals surface area contributed by atoms with Crippen molar-refractivity contribution in [2.45, 2.75) is 63.9 Å². The number of hydrogen-bond acceptors (Lipinski definition) is 3. The number of aryl methyl sites for hydroxylation is 1. The average Bonchev–Trinajstić information content (AvgIpc) is 2.47. The minimum atomic E-state index is 0.481. The van der Waals surface area contributed by atoms with Crippen molar-refractivity contribution in [3.8, 4) is 5.75 Å². The summed E-state index contributed by atoms with van der Waals surface area (Å²) < 4.78 is 0. The summed E-state index contributed by atoms with van der Waals surface area (Å²) in [4.78, 5) is 0. The first kappa shape index (κ1) is 18.8. The fraction of sp³-hybridized carbons (Fsp3) is 0.667. The maximum atomic E-state index is 10.0. The Balaban J connectivity index is 2.29. The number of phenols is 1. The van der Waals surface area contributed by atoms with Crippen molar-refractivity contribution in [3.05, 3.63) is 28.8 Å². The fourth-order valence-electron chi connectivity index (χ4n) is 2.46. The molecule has 0 unspecified atom stereocenters. The maximum absolute atomic E-state index is 10.0. The van der Waals surface area contributed by atoms with Crippen molar-refractivity contribution in [1.82, 2.24) is 0 Å². The van der Waals surface area contributed by atoms with Crippen LogP contribution in [-0.4, -0.2) is 17.1 Å². The molecule has 1 rings (SSSR count). The highest BCUT2D eigenvalue weighted by molar-refractivity contribution is 7.98. The van der Waals surface area contributed by atoms with E-state index >= 15 is 0 Å². The Morgan fingerprint density at radius 1 is 1.00 bits per heavy atom. The third kappa shape index (κ3) is 7.51. The summed E-state index contributed by atoms with van der Waals surface area (Å²) in [5.74, 6) is 3.69. The molecule has 1 aromatic rings.